The number of ether oxygens (including phenoxy) is 1. The zero-order valence-corrected chi connectivity index (χ0v) is 15.9. The predicted molar refractivity (Wildman–Crippen MR) is 100 cm³/mol. The van der Waals surface area contributed by atoms with Crippen molar-refractivity contribution in [3.63, 3.8) is 0 Å². The number of aromatic nitrogens is 2. The molecule has 0 saturated carbocycles. The number of amides is 1. The van der Waals surface area contributed by atoms with Gasteiger partial charge in [0.15, 0.2) is 4.34 Å². The van der Waals surface area contributed by atoms with E-state index in [0.717, 1.165) is 19.3 Å². The number of rotatable bonds is 9. The highest BCUT2D eigenvalue weighted by Crippen LogP contribution is 2.25. The van der Waals surface area contributed by atoms with Gasteiger partial charge in [0, 0.05) is 5.56 Å². The molecule has 1 heterocycles. The topological polar surface area (TPSA) is 81.2 Å². The number of carbonyl (C=O) groups is 2. The number of hydrogen-bond acceptors (Lipinski definition) is 7. The normalized spacial score (nSPS) is 10.5. The molecule has 0 fully saturated rings. The number of nitrogens with zero attached hydrogens (tertiary/aromatic N) is 2. The van der Waals surface area contributed by atoms with Gasteiger partial charge >= 0.3 is 5.97 Å². The first-order chi connectivity index (χ1) is 12.1. The molecule has 1 aromatic carbocycles. The van der Waals surface area contributed by atoms with Gasteiger partial charge in [-0.3, -0.25) is 14.9 Å². The molecule has 0 saturated heterocycles. The molecule has 1 amide bonds. The minimum absolute atomic E-state index is 0.176. The largest absolute Gasteiger partial charge is 0.465 e. The Bertz CT molecular complexity index is 701. The van der Waals surface area contributed by atoms with Crippen LogP contribution in [0.3, 0.4) is 0 Å². The number of benzene rings is 1. The van der Waals surface area contributed by atoms with Gasteiger partial charge in [-0.15, -0.1) is 10.2 Å². The van der Waals surface area contributed by atoms with E-state index in [0.29, 0.717) is 21.6 Å². The number of nitrogens with one attached hydrogen (secondary N) is 1. The van der Waals surface area contributed by atoms with Crippen LogP contribution < -0.4 is 5.32 Å². The second-order valence-electron chi connectivity index (χ2n) is 5.22. The van der Waals surface area contributed by atoms with Crippen LogP contribution in [0.5, 0.6) is 0 Å². The lowest BCUT2D eigenvalue weighted by Crippen LogP contribution is -2.11. The van der Waals surface area contributed by atoms with Crippen molar-refractivity contribution in [1.82, 2.24) is 10.2 Å². The molecule has 1 aromatic heterocycles. The molecule has 8 heteroatoms. The van der Waals surface area contributed by atoms with Gasteiger partial charge in [-0.05, 0) is 37.5 Å². The first-order valence-electron chi connectivity index (χ1n) is 8.14. The smallest absolute Gasteiger partial charge is 0.316 e. The minimum atomic E-state index is -0.295. The van der Waals surface area contributed by atoms with E-state index in [4.69, 9.17) is 4.74 Å². The Morgan fingerprint density at radius 3 is 2.64 bits per heavy atom. The number of carbonyl (C=O) groups excluding carboxylic acids is 2. The molecule has 0 radical (unpaired) electrons. The summed E-state index contributed by atoms with van der Waals surface area (Å²) in [4.78, 5) is 23.6. The zero-order valence-electron chi connectivity index (χ0n) is 14.3. The molecule has 2 rings (SSSR count). The van der Waals surface area contributed by atoms with E-state index in [9.17, 15) is 9.59 Å². The lowest BCUT2D eigenvalue weighted by Gasteiger charge is -2.03. The second kappa shape index (κ2) is 10.1. The number of thioether (sulfide) groups is 1. The molecule has 25 heavy (non-hydrogen) atoms. The highest BCUT2D eigenvalue weighted by molar-refractivity contribution is 8.01. The molecule has 134 valence electrons. The van der Waals surface area contributed by atoms with Gasteiger partial charge in [-0.25, -0.2) is 0 Å². The maximum atomic E-state index is 12.2. The fourth-order valence-electron chi connectivity index (χ4n) is 2.01. The molecule has 0 aliphatic heterocycles. The second-order valence-corrected chi connectivity index (χ2v) is 7.42. The summed E-state index contributed by atoms with van der Waals surface area (Å²) in [5.74, 6) is -0.341. The molecule has 0 atom stereocenters. The van der Waals surface area contributed by atoms with E-state index >= 15 is 0 Å². The van der Waals surface area contributed by atoms with E-state index in [1.54, 1.807) is 6.92 Å². The summed E-state index contributed by atoms with van der Waals surface area (Å²) in [5, 5.41) is 11.0. The predicted octanol–water partition coefficient (Wildman–Crippen LogP) is 3.79. The molecule has 0 spiro atoms. The zero-order chi connectivity index (χ0) is 18.1. The van der Waals surface area contributed by atoms with Crippen molar-refractivity contribution in [2.45, 2.75) is 37.4 Å². The third-order valence-corrected chi connectivity index (χ3v) is 5.23. The Hall–Kier alpha value is -1.93. The van der Waals surface area contributed by atoms with E-state index in [2.05, 4.69) is 22.4 Å². The summed E-state index contributed by atoms with van der Waals surface area (Å²) in [7, 11) is 0. The van der Waals surface area contributed by atoms with Crippen molar-refractivity contribution in [1.29, 1.82) is 0 Å². The van der Waals surface area contributed by atoms with Crippen molar-refractivity contribution < 1.29 is 14.3 Å². The maximum Gasteiger partial charge on any atom is 0.316 e. The number of hydrogen-bond donors (Lipinski definition) is 1. The monoisotopic (exact) mass is 379 g/mol. The van der Waals surface area contributed by atoms with Crippen molar-refractivity contribution in [3.8, 4) is 0 Å². The van der Waals surface area contributed by atoms with Crippen LogP contribution in [0.15, 0.2) is 28.6 Å². The van der Waals surface area contributed by atoms with Gasteiger partial charge < -0.3 is 4.74 Å². The quantitative estimate of drug-likeness (QED) is 0.406. The lowest BCUT2D eigenvalue weighted by molar-refractivity contribution is -0.139. The molecule has 0 bridgehead atoms. The molecule has 0 aliphatic rings. The molecular weight excluding hydrogens is 358 g/mol. The van der Waals surface area contributed by atoms with Crippen LogP contribution in [0.2, 0.25) is 0 Å². The first kappa shape index (κ1) is 19.4. The molecule has 1 N–H and O–H groups in total. The summed E-state index contributed by atoms with van der Waals surface area (Å²) in [6, 6.07) is 7.59. The number of aryl methyl sites for hydroxylation is 1. The van der Waals surface area contributed by atoms with E-state index in [1.165, 1.54) is 28.7 Å². The fraction of sp³-hybridized carbons (Fsp3) is 0.412. The third-order valence-electron chi connectivity index (χ3n) is 3.28. The van der Waals surface area contributed by atoms with Gasteiger partial charge in [0.05, 0.1) is 12.4 Å². The summed E-state index contributed by atoms with van der Waals surface area (Å²) in [5.41, 5.74) is 1.81. The van der Waals surface area contributed by atoms with E-state index < -0.39 is 0 Å². The van der Waals surface area contributed by atoms with Crippen molar-refractivity contribution in [2.24, 2.45) is 0 Å². The average molecular weight is 380 g/mol. The van der Waals surface area contributed by atoms with Crippen LogP contribution >= 0.6 is 23.1 Å². The van der Waals surface area contributed by atoms with Crippen LogP contribution in [0, 0.1) is 0 Å². The van der Waals surface area contributed by atoms with E-state index in [1.807, 2.05) is 24.3 Å². The molecule has 0 aliphatic carbocycles. The number of anilines is 1. The Labute approximate surface area is 155 Å². The van der Waals surface area contributed by atoms with Crippen LogP contribution in [-0.4, -0.2) is 34.4 Å². The highest BCUT2D eigenvalue weighted by Gasteiger charge is 2.12. The lowest BCUT2D eigenvalue weighted by atomic mass is 10.1. The highest BCUT2D eigenvalue weighted by atomic mass is 32.2. The Balaban J connectivity index is 1.87. The van der Waals surface area contributed by atoms with Gasteiger partial charge in [0.25, 0.3) is 5.91 Å². The van der Waals surface area contributed by atoms with Crippen LogP contribution in [0.4, 0.5) is 5.13 Å². The maximum absolute atomic E-state index is 12.2. The fourth-order valence-corrected chi connectivity index (χ4v) is 3.56. The Kier molecular flexibility index (Phi) is 7.87. The minimum Gasteiger partial charge on any atom is -0.465 e. The summed E-state index contributed by atoms with van der Waals surface area (Å²) in [6.45, 7) is 4.27. The van der Waals surface area contributed by atoms with Gasteiger partial charge in [-0.2, -0.15) is 0 Å². The van der Waals surface area contributed by atoms with Crippen LogP contribution in [0.1, 0.15) is 42.6 Å². The van der Waals surface area contributed by atoms with Gasteiger partial charge in [0.1, 0.15) is 0 Å². The third kappa shape index (κ3) is 6.47. The Morgan fingerprint density at radius 2 is 1.96 bits per heavy atom. The summed E-state index contributed by atoms with van der Waals surface area (Å²) >= 11 is 2.47. The molecule has 6 nitrogen and oxygen atoms in total. The van der Waals surface area contributed by atoms with Crippen LogP contribution in [0.25, 0.3) is 0 Å². The molecule has 2 aromatic rings. The average Bonchev–Trinajstić information content (AvgIpc) is 3.06. The summed E-state index contributed by atoms with van der Waals surface area (Å²) in [6.07, 6.45) is 3.31. The summed E-state index contributed by atoms with van der Waals surface area (Å²) < 4.78 is 5.46. The number of unbranched alkanes of at least 4 members (excludes halogenated alkanes) is 1. The van der Waals surface area contributed by atoms with Crippen molar-refractivity contribution in [2.75, 3.05) is 17.7 Å². The molecular formula is C17H21N3O3S2. The van der Waals surface area contributed by atoms with Crippen molar-refractivity contribution >= 4 is 40.1 Å². The van der Waals surface area contributed by atoms with E-state index in [-0.39, 0.29) is 17.6 Å². The SMILES string of the molecule is CCCCc1ccc(C(=O)Nc2nnc(SCC(=O)OCC)s2)cc1. The first-order valence-corrected chi connectivity index (χ1v) is 9.94. The van der Waals surface area contributed by atoms with Crippen LogP contribution in [-0.2, 0) is 16.0 Å². The standard InChI is InChI=1S/C17H21N3O3S2/c1-3-5-6-12-7-9-13(10-8-12)15(22)18-16-19-20-17(25-16)24-11-14(21)23-4-2/h7-10H,3-6,11H2,1-2H3,(H,18,19,22). The van der Waals surface area contributed by atoms with Crippen molar-refractivity contribution in [3.05, 3.63) is 35.4 Å². The van der Waals surface area contributed by atoms with Gasteiger partial charge in [-0.1, -0.05) is 48.6 Å². The Morgan fingerprint density at radius 1 is 1.20 bits per heavy atom. The number of esters is 1. The molecule has 0 unspecified atom stereocenters. The van der Waals surface area contributed by atoms with Gasteiger partial charge in [0.2, 0.25) is 5.13 Å².